The highest BCUT2D eigenvalue weighted by Crippen LogP contribution is 2.15. The van der Waals surface area contributed by atoms with Crippen molar-refractivity contribution in [3.63, 3.8) is 0 Å². The van der Waals surface area contributed by atoms with Gasteiger partial charge in [-0.3, -0.25) is 0 Å². The van der Waals surface area contributed by atoms with E-state index in [9.17, 15) is 9.90 Å². The summed E-state index contributed by atoms with van der Waals surface area (Å²) >= 11 is 0. The van der Waals surface area contributed by atoms with Gasteiger partial charge in [-0.15, -0.1) is 0 Å². The highest BCUT2D eigenvalue weighted by molar-refractivity contribution is 5.89. The second kappa shape index (κ2) is 5.76. The first kappa shape index (κ1) is 14.5. The first-order chi connectivity index (χ1) is 10.5. The molecule has 0 aromatic carbocycles. The van der Waals surface area contributed by atoms with Crippen LogP contribution in [0.4, 0.5) is 10.5 Å². The normalized spacial score (nSPS) is 17.8. The monoisotopic (exact) mass is 301 g/mol. The maximum absolute atomic E-state index is 12.0. The fourth-order valence-corrected chi connectivity index (χ4v) is 2.57. The number of anilines is 1. The summed E-state index contributed by atoms with van der Waals surface area (Å²) in [4.78, 5) is 18.0. The molecular weight excluding hydrogens is 282 g/mol. The van der Waals surface area contributed by atoms with E-state index in [0.29, 0.717) is 31.0 Å². The number of nitrogens with one attached hydrogen (secondary N) is 1. The Morgan fingerprint density at radius 3 is 2.77 bits per heavy atom. The molecule has 2 aromatic rings. The number of aryl methyl sites for hydroxylation is 2. The number of aliphatic hydroxyl groups is 1. The number of carbonyl (C=O) groups is 1. The van der Waals surface area contributed by atoms with Crippen molar-refractivity contribution < 1.29 is 9.90 Å². The van der Waals surface area contributed by atoms with E-state index >= 15 is 0 Å². The summed E-state index contributed by atoms with van der Waals surface area (Å²) in [6, 6.07) is 5.38. The fraction of sp³-hybridized carbons (Fsp3) is 0.400. The molecule has 0 radical (unpaired) electrons. The number of likely N-dealkylation sites (tertiary alicyclic amines) is 1. The molecule has 22 heavy (non-hydrogen) atoms. The molecule has 3 heterocycles. The molecule has 0 aliphatic carbocycles. The molecule has 1 aliphatic heterocycles. The molecule has 7 nitrogen and oxygen atoms in total. The third kappa shape index (κ3) is 2.94. The van der Waals surface area contributed by atoms with Gasteiger partial charge in [-0.2, -0.15) is 5.10 Å². The second-order valence-corrected chi connectivity index (χ2v) is 5.56. The maximum atomic E-state index is 12.0. The summed E-state index contributed by atoms with van der Waals surface area (Å²) in [5.41, 5.74) is 2.56. The van der Waals surface area contributed by atoms with Crippen molar-refractivity contribution in [1.29, 1.82) is 0 Å². The molecule has 1 saturated heterocycles. The van der Waals surface area contributed by atoms with E-state index in [0.717, 1.165) is 11.4 Å². The summed E-state index contributed by atoms with van der Waals surface area (Å²) in [5, 5.41) is 16.6. The van der Waals surface area contributed by atoms with Crippen molar-refractivity contribution in [1.82, 2.24) is 19.7 Å². The minimum absolute atomic E-state index is 0.211. The van der Waals surface area contributed by atoms with Crippen molar-refractivity contribution >= 4 is 11.7 Å². The van der Waals surface area contributed by atoms with Gasteiger partial charge in [0.1, 0.15) is 0 Å². The van der Waals surface area contributed by atoms with Crippen LogP contribution in [0.2, 0.25) is 0 Å². The number of hydrogen-bond acceptors (Lipinski definition) is 4. The van der Waals surface area contributed by atoms with Gasteiger partial charge in [0.15, 0.2) is 5.82 Å². The minimum Gasteiger partial charge on any atom is -0.391 e. The number of nitrogens with zero attached hydrogens (tertiary/aromatic N) is 4. The SMILES string of the molecule is Cc1cc(C)n(-c2ccc(NC(=O)N3CC[C@H](O)C3)cn2)n1. The van der Waals surface area contributed by atoms with E-state index < -0.39 is 6.10 Å². The molecule has 1 fully saturated rings. The number of amides is 2. The summed E-state index contributed by atoms with van der Waals surface area (Å²) in [6.07, 6.45) is 1.82. The zero-order valence-corrected chi connectivity index (χ0v) is 12.7. The zero-order chi connectivity index (χ0) is 15.7. The van der Waals surface area contributed by atoms with Gasteiger partial charge in [0.2, 0.25) is 0 Å². The Morgan fingerprint density at radius 1 is 1.41 bits per heavy atom. The van der Waals surface area contributed by atoms with Gasteiger partial charge >= 0.3 is 6.03 Å². The molecule has 1 atom stereocenters. The third-order valence-electron chi connectivity index (χ3n) is 3.68. The fourth-order valence-electron chi connectivity index (χ4n) is 2.57. The Kier molecular flexibility index (Phi) is 3.81. The molecule has 0 unspecified atom stereocenters. The van der Waals surface area contributed by atoms with Crippen LogP contribution in [0.15, 0.2) is 24.4 Å². The molecule has 116 valence electrons. The van der Waals surface area contributed by atoms with Crippen LogP contribution >= 0.6 is 0 Å². The molecule has 0 saturated carbocycles. The number of carbonyl (C=O) groups excluding carboxylic acids is 1. The lowest BCUT2D eigenvalue weighted by Gasteiger charge is -2.16. The van der Waals surface area contributed by atoms with Gasteiger partial charge in [0, 0.05) is 18.8 Å². The van der Waals surface area contributed by atoms with E-state index in [2.05, 4.69) is 15.4 Å². The Hall–Kier alpha value is -2.41. The van der Waals surface area contributed by atoms with Gasteiger partial charge < -0.3 is 15.3 Å². The van der Waals surface area contributed by atoms with Gasteiger partial charge in [0.05, 0.1) is 23.7 Å². The number of pyridine rings is 1. The second-order valence-electron chi connectivity index (χ2n) is 5.56. The van der Waals surface area contributed by atoms with Crippen LogP contribution in [-0.2, 0) is 0 Å². The molecule has 1 aliphatic rings. The first-order valence-corrected chi connectivity index (χ1v) is 7.26. The molecule has 2 amide bonds. The number of urea groups is 1. The lowest BCUT2D eigenvalue weighted by atomic mass is 10.3. The molecule has 7 heteroatoms. The minimum atomic E-state index is -0.419. The van der Waals surface area contributed by atoms with Crippen LogP contribution in [0.25, 0.3) is 5.82 Å². The van der Waals surface area contributed by atoms with Gasteiger partial charge in [-0.05, 0) is 38.5 Å². The van der Waals surface area contributed by atoms with Crippen LogP contribution < -0.4 is 5.32 Å². The quantitative estimate of drug-likeness (QED) is 0.880. The van der Waals surface area contributed by atoms with Gasteiger partial charge in [0.25, 0.3) is 0 Å². The van der Waals surface area contributed by atoms with E-state index in [4.69, 9.17) is 0 Å². The lowest BCUT2D eigenvalue weighted by molar-refractivity contribution is 0.176. The standard InChI is InChI=1S/C15H19N5O2/c1-10-7-11(2)20(18-10)14-4-3-12(8-16-14)17-15(22)19-6-5-13(21)9-19/h3-4,7-8,13,21H,5-6,9H2,1-2H3,(H,17,22)/t13-/m0/s1. The largest absolute Gasteiger partial charge is 0.391 e. The molecular formula is C15H19N5O2. The molecule has 2 N–H and O–H groups in total. The van der Waals surface area contributed by atoms with Crippen molar-refractivity contribution in [3.8, 4) is 5.82 Å². The topological polar surface area (TPSA) is 83.3 Å². The Morgan fingerprint density at radius 2 is 2.23 bits per heavy atom. The van der Waals surface area contributed by atoms with Crippen LogP contribution in [0.1, 0.15) is 17.8 Å². The highest BCUT2D eigenvalue weighted by Gasteiger charge is 2.24. The Balaban J connectivity index is 1.69. The van der Waals surface area contributed by atoms with E-state index in [1.54, 1.807) is 21.8 Å². The third-order valence-corrected chi connectivity index (χ3v) is 3.68. The van der Waals surface area contributed by atoms with Gasteiger partial charge in [-0.25, -0.2) is 14.5 Å². The predicted molar refractivity (Wildman–Crippen MR) is 82.0 cm³/mol. The summed E-state index contributed by atoms with van der Waals surface area (Å²) < 4.78 is 1.76. The summed E-state index contributed by atoms with van der Waals surface area (Å²) in [5.74, 6) is 0.709. The smallest absolute Gasteiger partial charge is 0.321 e. The molecule has 0 bridgehead atoms. The lowest BCUT2D eigenvalue weighted by Crippen LogP contribution is -2.33. The van der Waals surface area contributed by atoms with Crippen LogP contribution in [0.5, 0.6) is 0 Å². The number of hydrogen-bond donors (Lipinski definition) is 2. The van der Waals surface area contributed by atoms with Crippen LogP contribution in [0, 0.1) is 13.8 Å². The highest BCUT2D eigenvalue weighted by atomic mass is 16.3. The first-order valence-electron chi connectivity index (χ1n) is 7.26. The van der Waals surface area contributed by atoms with Crippen LogP contribution in [0.3, 0.4) is 0 Å². The van der Waals surface area contributed by atoms with Crippen LogP contribution in [-0.4, -0.2) is 50.0 Å². The van der Waals surface area contributed by atoms with Crippen molar-refractivity contribution in [2.24, 2.45) is 0 Å². The van der Waals surface area contributed by atoms with E-state index in [1.807, 2.05) is 26.0 Å². The number of rotatable bonds is 2. The summed E-state index contributed by atoms with van der Waals surface area (Å²) in [7, 11) is 0. The Labute approximate surface area is 128 Å². The summed E-state index contributed by atoms with van der Waals surface area (Å²) in [6.45, 7) is 4.85. The van der Waals surface area contributed by atoms with Crippen molar-refractivity contribution in [2.45, 2.75) is 26.4 Å². The van der Waals surface area contributed by atoms with E-state index in [-0.39, 0.29) is 6.03 Å². The Bertz CT molecular complexity index is 680. The average Bonchev–Trinajstić information content (AvgIpc) is 3.05. The maximum Gasteiger partial charge on any atom is 0.321 e. The van der Waals surface area contributed by atoms with Gasteiger partial charge in [-0.1, -0.05) is 0 Å². The average molecular weight is 301 g/mol. The number of β-amino-alcohol motifs (C(OH)–C–C–N with tert-alkyl or cyclic N) is 1. The van der Waals surface area contributed by atoms with Crippen molar-refractivity contribution in [3.05, 3.63) is 35.8 Å². The molecule has 3 rings (SSSR count). The predicted octanol–water partition coefficient (Wildman–Crippen LogP) is 1.48. The van der Waals surface area contributed by atoms with Crippen molar-refractivity contribution in [2.75, 3.05) is 18.4 Å². The molecule has 0 spiro atoms. The number of aromatic nitrogens is 3. The zero-order valence-electron chi connectivity index (χ0n) is 12.7. The number of aliphatic hydroxyl groups excluding tert-OH is 1. The van der Waals surface area contributed by atoms with E-state index in [1.165, 1.54) is 0 Å². The molecule has 2 aromatic heterocycles.